The number of hydrogen-bond donors (Lipinski definition) is 0. The van der Waals surface area contributed by atoms with Gasteiger partial charge in [-0.2, -0.15) is 0 Å². The Morgan fingerprint density at radius 3 is 0.714 bits per heavy atom. The van der Waals surface area contributed by atoms with Crippen molar-refractivity contribution in [2.24, 2.45) is 0 Å². The first-order valence-electron chi connectivity index (χ1n) is 13.1. The Labute approximate surface area is 285 Å². The molecule has 0 aliphatic rings. The van der Waals surface area contributed by atoms with Crippen molar-refractivity contribution < 1.29 is 40.0 Å². The molecular weight excluding hydrogens is 959 g/mol. The molecule has 6 aromatic carbocycles. The fourth-order valence-corrected chi connectivity index (χ4v) is 9.38. The molecule has 42 heavy (non-hydrogen) atoms. The zero-order chi connectivity index (χ0) is 29.8. The third-order valence-electron chi connectivity index (χ3n) is 6.23. The fraction of sp³-hybridized carbons (Fsp3) is 0. The van der Waals surface area contributed by atoms with Crippen LogP contribution >= 0.6 is 34.2 Å². The van der Waals surface area contributed by atoms with E-state index in [2.05, 4.69) is 200 Å². The zero-order valence-electron chi connectivity index (χ0n) is 22.6. The number of rotatable bonds is 6. The quantitative estimate of drug-likeness (QED) is 0.117. The van der Waals surface area contributed by atoms with Gasteiger partial charge in [-0.05, 0) is 60.2 Å². The van der Waals surface area contributed by atoms with Gasteiger partial charge in [0, 0.05) is 0 Å². The molecule has 0 atom stereocenters. The maximum Gasteiger partial charge on any atom is 0.102 e. The Bertz CT molecular complexity index is 1190. The van der Waals surface area contributed by atoms with E-state index in [0.717, 1.165) is 0 Å². The molecular formula is C36H31Au2Cl2P2+. The van der Waals surface area contributed by atoms with Gasteiger partial charge in [0.1, 0.15) is 15.9 Å². The maximum absolute atomic E-state index is 4.58. The van der Waals surface area contributed by atoms with Gasteiger partial charge >= 0.3 is 58.4 Å². The van der Waals surface area contributed by atoms with Gasteiger partial charge in [-0.3, -0.25) is 0 Å². The summed E-state index contributed by atoms with van der Waals surface area (Å²) in [5.41, 5.74) is 0. The van der Waals surface area contributed by atoms with Crippen molar-refractivity contribution in [2.75, 3.05) is 0 Å². The fourth-order valence-electron chi connectivity index (χ4n) is 4.49. The van der Waals surface area contributed by atoms with Crippen LogP contribution < -0.4 is 31.8 Å². The van der Waals surface area contributed by atoms with Gasteiger partial charge in [0.15, 0.2) is 0 Å². The van der Waals surface area contributed by atoms with Crippen molar-refractivity contribution in [3.05, 3.63) is 182 Å². The molecule has 0 aliphatic carbocycles. The smallest absolute Gasteiger partial charge is 0.0622 e. The van der Waals surface area contributed by atoms with Crippen LogP contribution in [0.1, 0.15) is 0 Å². The van der Waals surface area contributed by atoms with E-state index >= 15 is 0 Å². The minimum atomic E-state index is -0.877. The van der Waals surface area contributed by atoms with Crippen LogP contribution in [-0.2, 0) is 40.0 Å². The Balaban J connectivity index is 0.000000206. The van der Waals surface area contributed by atoms with Crippen molar-refractivity contribution in [1.29, 1.82) is 0 Å². The molecule has 0 fully saturated rings. The van der Waals surface area contributed by atoms with Gasteiger partial charge in [0.05, 0.1) is 7.92 Å². The van der Waals surface area contributed by atoms with Crippen LogP contribution in [0.5, 0.6) is 0 Å². The summed E-state index contributed by atoms with van der Waals surface area (Å²) in [4.78, 5) is 0. The molecule has 0 unspecified atom stereocenters. The second kappa shape index (κ2) is 21.0. The molecule has 6 heteroatoms. The van der Waals surface area contributed by atoms with E-state index < -0.39 is 15.8 Å². The summed E-state index contributed by atoms with van der Waals surface area (Å²) >= 11 is 3.50. The second-order valence-electron chi connectivity index (χ2n) is 8.82. The minimum absolute atomic E-state index is 0.446. The summed E-state index contributed by atoms with van der Waals surface area (Å²) < 4.78 is 0. The van der Waals surface area contributed by atoms with E-state index in [0.29, 0.717) is 0 Å². The summed E-state index contributed by atoms with van der Waals surface area (Å²) in [7, 11) is 7.84. The van der Waals surface area contributed by atoms with E-state index in [1.807, 2.05) is 0 Å². The topological polar surface area (TPSA) is 0 Å². The molecule has 0 bridgehead atoms. The van der Waals surface area contributed by atoms with Gasteiger partial charge in [-0.25, -0.2) is 0 Å². The first-order chi connectivity index (χ1) is 20.9. The van der Waals surface area contributed by atoms with Crippen LogP contribution in [0.3, 0.4) is 0 Å². The van der Waals surface area contributed by atoms with Gasteiger partial charge in [-0.1, -0.05) is 146 Å². The Morgan fingerprint density at radius 1 is 0.310 bits per heavy atom. The summed E-state index contributed by atoms with van der Waals surface area (Å²) in [5.74, 6) is 0. The third-order valence-corrected chi connectivity index (χ3v) is 11.4. The van der Waals surface area contributed by atoms with E-state index in [9.17, 15) is 0 Å². The van der Waals surface area contributed by atoms with Crippen molar-refractivity contribution in [2.45, 2.75) is 0 Å². The van der Waals surface area contributed by atoms with Crippen LogP contribution in [0.4, 0.5) is 0 Å². The van der Waals surface area contributed by atoms with Gasteiger partial charge in [-0.15, -0.1) is 0 Å². The Kier molecular flexibility index (Phi) is 17.4. The van der Waals surface area contributed by atoms with Crippen molar-refractivity contribution in [3.63, 3.8) is 0 Å². The molecule has 0 saturated heterocycles. The first-order valence-corrected chi connectivity index (χ1v) is 21.3. The Morgan fingerprint density at radius 2 is 0.500 bits per heavy atom. The summed E-state index contributed by atoms with van der Waals surface area (Å²) in [6, 6.07) is 64.8. The van der Waals surface area contributed by atoms with E-state index in [-0.39, 0.29) is 0 Å². The molecule has 0 aromatic heterocycles. The van der Waals surface area contributed by atoms with Crippen LogP contribution in [0, 0.1) is 0 Å². The van der Waals surface area contributed by atoms with Crippen LogP contribution in [0.2, 0.25) is 0 Å². The molecule has 6 aromatic rings. The third kappa shape index (κ3) is 10.7. The standard InChI is InChI=1S/2C18H15P.2Au.2ClH/c2*1-4-10-16(11-5-1)19(17-12-6-2-7-13-17)18-14-8-3-9-15-18;;;;/h2*1-15H;;;2*1H/q;;2*+1;;/p-1. The number of benzene rings is 6. The molecule has 0 N–H and O–H groups in total. The predicted molar refractivity (Wildman–Crippen MR) is 183 cm³/mol. The molecule has 0 spiro atoms. The summed E-state index contributed by atoms with van der Waals surface area (Å²) in [5, 5.41) is 8.50. The summed E-state index contributed by atoms with van der Waals surface area (Å²) in [6.07, 6.45) is 0. The molecule has 0 saturated carbocycles. The second-order valence-corrected chi connectivity index (χ2v) is 13.5. The van der Waals surface area contributed by atoms with Gasteiger partial charge in [0.25, 0.3) is 0 Å². The van der Waals surface area contributed by atoms with Crippen LogP contribution in [-0.4, -0.2) is 0 Å². The first kappa shape index (κ1) is 34.7. The van der Waals surface area contributed by atoms with Gasteiger partial charge < -0.3 is 0 Å². The minimum Gasteiger partial charge on any atom is -0.0622 e. The largest absolute Gasteiger partial charge is 0.102 e. The van der Waals surface area contributed by atoms with Crippen LogP contribution in [0.25, 0.3) is 0 Å². The zero-order valence-corrected chi connectivity index (χ0v) is 30.4. The molecule has 0 nitrogen and oxygen atoms in total. The van der Waals surface area contributed by atoms with Gasteiger partial charge in [0.2, 0.25) is 0 Å². The van der Waals surface area contributed by atoms with E-state index in [1.165, 1.54) is 31.8 Å². The average Bonchev–Trinajstić information content (AvgIpc) is 3.10. The molecule has 0 radical (unpaired) electrons. The van der Waals surface area contributed by atoms with Crippen molar-refractivity contribution in [3.8, 4) is 0 Å². The van der Waals surface area contributed by atoms with Crippen molar-refractivity contribution in [1.82, 2.24) is 0 Å². The van der Waals surface area contributed by atoms with Crippen molar-refractivity contribution >= 4 is 66.0 Å². The molecule has 0 aliphatic heterocycles. The molecule has 220 valence electrons. The summed E-state index contributed by atoms with van der Waals surface area (Å²) in [6.45, 7) is 0. The molecule has 0 heterocycles. The number of halogens is 2. The average molecular weight is 990 g/mol. The van der Waals surface area contributed by atoms with E-state index in [1.54, 1.807) is 40.0 Å². The molecule has 0 amide bonds. The monoisotopic (exact) mass is 989 g/mol. The normalized spacial score (nSPS) is 9.90. The maximum atomic E-state index is 4.58. The number of hydrogen-bond acceptors (Lipinski definition) is 0. The SMILES string of the molecule is [Cl][Au].[Cl][Au].c1ccc(P(c2ccccc2)c2ccccc2)cc1.c1ccc([PH+](c2ccccc2)c2ccccc2)cc1. The van der Waals surface area contributed by atoms with E-state index in [4.69, 9.17) is 0 Å². The molecule has 6 rings (SSSR count). The Hall–Kier alpha value is -1.76. The van der Waals surface area contributed by atoms with Crippen LogP contribution in [0.15, 0.2) is 182 Å². The predicted octanol–water partition coefficient (Wildman–Crippen LogP) is 8.00.